The van der Waals surface area contributed by atoms with Gasteiger partial charge in [0.25, 0.3) is 0 Å². The first-order chi connectivity index (χ1) is 6.28. The number of likely N-dealkylation sites (N-methyl/N-ethyl adjacent to an activating group) is 1. The van der Waals surface area contributed by atoms with Crippen LogP contribution in [0.15, 0.2) is 6.33 Å². The van der Waals surface area contributed by atoms with E-state index in [1.807, 2.05) is 18.7 Å². The minimum absolute atomic E-state index is 0.134. The van der Waals surface area contributed by atoms with Crippen LogP contribution >= 0.6 is 0 Å². The summed E-state index contributed by atoms with van der Waals surface area (Å²) in [7, 11) is 3.89. The van der Waals surface area contributed by atoms with Gasteiger partial charge >= 0.3 is 0 Å². The minimum atomic E-state index is -0.134. The van der Waals surface area contributed by atoms with Gasteiger partial charge in [-0.05, 0) is 13.5 Å². The van der Waals surface area contributed by atoms with Crippen molar-refractivity contribution in [1.29, 1.82) is 0 Å². The van der Waals surface area contributed by atoms with Gasteiger partial charge in [-0.2, -0.15) is 0 Å². The molecule has 2 rings (SSSR count). The molecule has 0 aromatic carbocycles. The summed E-state index contributed by atoms with van der Waals surface area (Å²) in [6, 6.07) is 0. The van der Waals surface area contributed by atoms with Gasteiger partial charge in [0.1, 0.15) is 11.9 Å². The van der Waals surface area contributed by atoms with Crippen LogP contribution in [0.4, 0.5) is 0 Å². The van der Waals surface area contributed by atoms with Gasteiger partial charge in [-0.15, -0.1) is 10.2 Å². The molecule has 5 nitrogen and oxygen atoms in total. The van der Waals surface area contributed by atoms with Gasteiger partial charge in [-0.25, -0.2) is 0 Å². The second-order valence-corrected chi connectivity index (χ2v) is 3.40. The van der Waals surface area contributed by atoms with Crippen molar-refractivity contribution in [3.63, 3.8) is 0 Å². The van der Waals surface area contributed by atoms with E-state index in [2.05, 4.69) is 15.5 Å². The summed E-state index contributed by atoms with van der Waals surface area (Å²) in [4.78, 5) is 0. The first kappa shape index (κ1) is 8.65. The van der Waals surface area contributed by atoms with E-state index in [0.29, 0.717) is 6.61 Å². The second kappa shape index (κ2) is 3.08. The number of aromatic nitrogens is 3. The second-order valence-electron chi connectivity index (χ2n) is 3.40. The highest BCUT2D eigenvalue weighted by molar-refractivity contribution is 5.08. The van der Waals surface area contributed by atoms with Crippen LogP contribution in [0, 0.1) is 0 Å². The van der Waals surface area contributed by atoms with Crippen molar-refractivity contribution < 1.29 is 4.74 Å². The Morgan fingerprint density at radius 3 is 3.00 bits per heavy atom. The molecular formula is C8H14N4O. The van der Waals surface area contributed by atoms with E-state index in [4.69, 9.17) is 4.74 Å². The van der Waals surface area contributed by atoms with Crippen molar-refractivity contribution in [2.45, 2.75) is 12.0 Å². The standard InChI is InChI=1S/C8H14N4O/c1-9-8(3-4-13-5-8)7-11-10-6-12(7)2/h6,9H,3-5H2,1-2H3. The summed E-state index contributed by atoms with van der Waals surface area (Å²) in [5.74, 6) is 0.951. The van der Waals surface area contributed by atoms with Crippen LogP contribution in [0.1, 0.15) is 12.2 Å². The molecule has 1 aromatic rings. The van der Waals surface area contributed by atoms with Crippen molar-refractivity contribution in [2.75, 3.05) is 20.3 Å². The van der Waals surface area contributed by atoms with Gasteiger partial charge in [0.15, 0.2) is 5.82 Å². The van der Waals surface area contributed by atoms with Crippen LogP contribution in [-0.4, -0.2) is 35.0 Å². The van der Waals surface area contributed by atoms with Gasteiger partial charge in [0.05, 0.1) is 6.61 Å². The van der Waals surface area contributed by atoms with E-state index in [9.17, 15) is 0 Å². The summed E-state index contributed by atoms with van der Waals surface area (Å²) in [6.07, 6.45) is 2.67. The maximum atomic E-state index is 5.39. The molecule has 5 heteroatoms. The van der Waals surface area contributed by atoms with Crippen LogP contribution in [0.3, 0.4) is 0 Å². The highest BCUT2D eigenvalue weighted by Gasteiger charge is 2.38. The lowest BCUT2D eigenvalue weighted by Gasteiger charge is -2.25. The Labute approximate surface area is 77.1 Å². The molecule has 1 fully saturated rings. The third-order valence-electron chi connectivity index (χ3n) is 2.64. The lowest BCUT2D eigenvalue weighted by atomic mass is 9.98. The summed E-state index contributed by atoms with van der Waals surface area (Å²) >= 11 is 0. The molecule has 2 heterocycles. The van der Waals surface area contributed by atoms with Gasteiger partial charge in [-0.1, -0.05) is 0 Å². The van der Waals surface area contributed by atoms with Crippen LogP contribution in [0.2, 0.25) is 0 Å². The normalized spacial score (nSPS) is 28.2. The fourth-order valence-corrected chi connectivity index (χ4v) is 1.77. The Hall–Kier alpha value is -0.940. The summed E-state index contributed by atoms with van der Waals surface area (Å²) < 4.78 is 7.32. The predicted molar refractivity (Wildman–Crippen MR) is 47.2 cm³/mol. The fraction of sp³-hybridized carbons (Fsp3) is 0.750. The smallest absolute Gasteiger partial charge is 0.155 e. The average Bonchev–Trinajstić information content (AvgIpc) is 2.73. The third-order valence-corrected chi connectivity index (χ3v) is 2.64. The monoisotopic (exact) mass is 182 g/mol. The molecule has 1 N–H and O–H groups in total. The first-order valence-corrected chi connectivity index (χ1v) is 4.40. The highest BCUT2D eigenvalue weighted by Crippen LogP contribution is 2.27. The lowest BCUT2D eigenvalue weighted by Crippen LogP contribution is -2.42. The Morgan fingerprint density at radius 2 is 2.54 bits per heavy atom. The molecule has 0 spiro atoms. The van der Waals surface area contributed by atoms with Crippen LogP contribution in [-0.2, 0) is 17.3 Å². The van der Waals surface area contributed by atoms with Crippen molar-refractivity contribution >= 4 is 0 Å². The van der Waals surface area contributed by atoms with Crippen molar-refractivity contribution in [1.82, 2.24) is 20.1 Å². The zero-order chi connectivity index (χ0) is 9.31. The molecule has 1 saturated heterocycles. The summed E-state index contributed by atoms with van der Waals surface area (Å²) in [5.41, 5.74) is -0.134. The van der Waals surface area contributed by atoms with Gasteiger partial charge in [0.2, 0.25) is 0 Å². The topological polar surface area (TPSA) is 52.0 Å². The molecule has 0 bridgehead atoms. The molecule has 1 aliphatic heterocycles. The Kier molecular flexibility index (Phi) is 2.05. The molecule has 0 radical (unpaired) electrons. The van der Waals surface area contributed by atoms with E-state index in [0.717, 1.165) is 18.9 Å². The molecule has 13 heavy (non-hydrogen) atoms. The Bertz CT molecular complexity index is 290. The zero-order valence-electron chi connectivity index (χ0n) is 7.95. The predicted octanol–water partition coefficient (Wildman–Crippen LogP) is -0.350. The zero-order valence-corrected chi connectivity index (χ0v) is 7.95. The molecule has 1 unspecified atom stereocenters. The van der Waals surface area contributed by atoms with Crippen molar-refractivity contribution in [3.8, 4) is 0 Å². The molecule has 1 aliphatic rings. The number of aryl methyl sites for hydroxylation is 1. The van der Waals surface area contributed by atoms with Gasteiger partial charge < -0.3 is 14.6 Å². The molecule has 1 atom stereocenters. The number of rotatable bonds is 2. The molecule has 0 amide bonds. The van der Waals surface area contributed by atoms with Crippen LogP contribution in [0.25, 0.3) is 0 Å². The number of hydrogen-bond acceptors (Lipinski definition) is 4. The van der Waals surface area contributed by atoms with Crippen molar-refractivity contribution in [3.05, 3.63) is 12.2 Å². The quantitative estimate of drug-likeness (QED) is 0.679. The average molecular weight is 182 g/mol. The third kappa shape index (κ3) is 1.24. The highest BCUT2D eigenvalue weighted by atomic mass is 16.5. The number of ether oxygens (including phenoxy) is 1. The molecule has 1 aromatic heterocycles. The van der Waals surface area contributed by atoms with E-state index in [1.165, 1.54) is 0 Å². The summed E-state index contributed by atoms with van der Waals surface area (Å²) in [5, 5.41) is 11.3. The number of nitrogens with one attached hydrogen (secondary N) is 1. The van der Waals surface area contributed by atoms with E-state index < -0.39 is 0 Å². The lowest BCUT2D eigenvalue weighted by molar-refractivity contribution is 0.165. The molecule has 72 valence electrons. The molecule has 0 saturated carbocycles. The minimum Gasteiger partial charge on any atom is -0.379 e. The van der Waals surface area contributed by atoms with Crippen LogP contribution < -0.4 is 5.32 Å². The molecular weight excluding hydrogens is 168 g/mol. The maximum absolute atomic E-state index is 5.39. The van der Waals surface area contributed by atoms with Crippen LogP contribution in [0.5, 0.6) is 0 Å². The number of nitrogens with zero attached hydrogens (tertiary/aromatic N) is 3. The SMILES string of the molecule is CNC1(c2nncn2C)CCOC1. The van der Waals surface area contributed by atoms with Crippen molar-refractivity contribution in [2.24, 2.45) is 7.05 Å². The Morgan fingerprint density at radius 1 is 1.69 bits per heavy atom. The molecule has 0 aliphatic carbocycles. The summed E-state index contributed by atoms with van der Waals surface area (Å²) in [6.45, 7) is 1.46. The maximum Gasteiger partial charge on any atom is 0.155 e. The van der Waals surface area contributed by atoms with E-state index in [1.54, 1.807) is 6.33 Å². The first-order valence-electron chi connectivity index (χ1n) is 4.40. The van der Waals surface area contributed by atoms with E-state index in [-0.39, 0.29) is 5.54 Å². The fourth-order valence-electron chi connectivity index (χ4n) is 1.77. The number of hydrogen-bond donors (Lipinski definition) is 1. The van der Waals surface area contributed by atoms with Gasteiger partial charge in [-0.3, -0.25) is 0 Å². The largest absolute Gasteiger partial charge is 0.379 e. The Balaban J connectivity index is 2.36. The van der Waals surface area contributed by atoms with Gasteiger partial charge in [0, 0.05) is 13.7 Å². The van der Waals surface area contributed by atoms with E-state index >= 15 is 0 Å².